The van der Waals surface area contributed by atoms with Crippen LogP contribution in [0.15, 0.2) is 23.1 Å². The molecule has 0 saturated carbocycles. The lowest BCUT2D eigenvalue weighted by atomic mass is 10.1. The van der Waals surface area contributed by atoms with Gasteiger partial charge in [0.25, 0.3) is 5.91 Å². The van der Waals surface area contributed by atoms with Gasteiger partial charge < -0.3 is 15.5 Å². The molecule has 1 amide bonds. The summed E-state index contributed by atoms with van der Waals surface area (Å²) >= 11 is 0. The van der Waals surface area contributed by atoms with Crippen LogP contribution in [-0.4, -0.2) is 64.7 Å². The van der Waals surface area contributed by atoms with Crippen molar-refractivity contribution < 1.29 is 13.2 Å². The molecule has 0 spiro atoms. The first-order valence-corrected chi connectivity index (χ1v) is 9.79. The zero-order chi connectivity index (χ0) is 16.9. The van der Waals surface area contributed by atoms with Crippen molar-refractivity contribution in [2.24, 2.45) is 0 Å². The standard InChI is InChI=1S/C16H25N3O3S.ClH/c1-13-4-5-14(12-15(13)23(2,21)22)16(20)18-6-3-9-19-10-7-17-8-11-19;/h4-5,12,17H,3,6-11H2,1-2H3,(H,18,20);1H. The van der Waals surface area contributed by atoms with E-state index in [1.807, 2.05) is 0 Å². The number of sulfone groups is 1. The molecule has 1 saturated heterocycles. The van der Waals surface area contributed by atoms with E-state index in [0.717, 1.165) is 45.4 Å². The van der Waals surface area contributed by atoms with Crippen LogP contribution < -0.4 is 10.6 Å². The minimum atomic E-state index is -3.32. The molecule has 0 aromatic heterocycles. The summed E-state index contributed by atoms with van der Waals surface area (Å²) in [7, 11) is -3.32. The number of amides is 1. The zero-order valence-electron chi connectivity index (χ0n) is 14.2. The molecule has 1 heterocycles. The van der Waals surface area contributed by atoms with E-state index in [1.165, 1.54) is 6.07 Å². The molecule has 2 N–H and O–H groups in total. The molecule has 0 atom stereocenters. The van der Waals surface area contributed by atoms with Gasteiger partial charge in [-0.1, -0.05) is 6.07 Å². The number of aryl methyl sites for hydroxylation is 1. The van der Waals surface area contributed by atoms with E-state index in [-0.39, 0.29) is 23.2 Å². The summed E-state index contributed by atoms with van der Waals surface area (Å²) in [5.41, 5.74) is 1.04. The Morgan fingerprint density at radius 3 is 2.58 bits per heavy atom. The van der Waals surface area contributed by atoms with Crippen LogP contribution in [0.1, 0.15) is 22.3 Å². The molecule has 1 aliphatic heterocycles. The zero-order valence-corrected chi connectivity index (χ0v) is 15.8. The monoisotopic (exact) mass is 375 g/mol. The van der Waals surface area contributed by atoms with Gasteiger partial charge in [-0.2, -0.15) is 0 Å². The van der Waals surface area contributed by atoms with Crippen LogP contribution in [0.5, 0.6) is 0 Å². The van der Waals surface area contributed by atoms with E-state index in [4.69, 9.17) is 0 Å². The number of halogens is 1. The first-order valence-electron chi connectivity index (χ1n) is 7.90. The molecule has 0 unspecified atom stereocenters. The Labute approximate surface area is 150 Å². The van der Waals surface area contributed by atoms with Crippen LogP contribution in [0.25, 0.3) is 0 Å². The molecule has 1 aromatic rings. The highest BCUT2D eigenvalue weighted by Gasteiger charge is 2.14. The third kappa shape index (κ3) is 6.05. The van der Waals surface area contributed by atoms with Crippen LogP contribution in [0.2, 0.25) is 0 Å². The summed E-state index contributed by atoms with van der Waals surface area (Å²) in [6.07, 6.45) is 2.04. The number of nitrogens with zero attached hydrogens (tertiary/aromatic N) is 1. The fourth-order valence-electron chi connectivity index (χ4n) is 2.68. The Morgan fingerprint density at radius 1 is 1.29 bits per heavy atom. The van der Waals surface area contributed by atoms with Gasteiger partial charge in [0.1, 0.15) is 0 Å². The second-order valence-corrected chi connectivity index (χ2v) is 7.94. The van der Waals surface area contributed by atoms with Crippen molar-refractivity contribution in [1.82, 2.24) is 15.5 Å². The molecule has 0 aliphatic carbocycles. The van der Waals surface area contributed by atoms with Gasteiger partial charge in [-0.05, 0) is 37.6 Å². The van der Waals surface area contributed by atoms with E-state index in [2.05, 4.69) is 15.5 Å². The molecule has 136 valence electrons. The van der Waals surface area contributed by atoms with E-state index < -0.39 is 9.84 Å². The second-order valence-electron chi connectivity index (χ2n) is 5.95. The van der Waals surface area contributed by atoms with Gasteiger partial charge in [0.2, 0.25) is 0 Å². The van der Waals surface area contributed by atoms with Crippen molar-refractivity contribution in [2.75, 3.05) is 45.5 Å². The predicted octanol–water partition coefficient (Wildman–Crippen LogP) is 0.845. The maximum atomic E-state index is 12.2. The molecular weight excluding hydrogens is 350 g/mol. The average Bonchev–Trinajstić information content (AvgIpc) is 2.51. The Bertz CT molecular complexity index is 659. The summed E-state index contributed by atoms with van der Waals surface area (Å²) in [6, 6.07) is 4.79. The number of hydrogen-bond donors (Lipinski definition) is 2. The van der Waals surface area contributed by atoms with E-state index in [9.17, 15) is 13.2 Å². The summed E-state index contributed by atoms with van der Waals surface area (Å²) in [5.74, 6) is -0.227. The Balaban J connectivity index is 0.00000288. The number of carbonyl (C=O) groups excluding carboxylic acids is 1. The molecule has 8 heteroatoms. The highest BCUT2D eigenvalue weighted by molar-refractivity contribution is 7.90. The van der Waals surface area contributed by atoms with Gasteiger partial charge in [0.05, 0.1) is 4.90 Å². The first-order chi connectivity index (χ1) is 10.9. The van der Waals surface area contributed by atoms with Crippen LogP contribution in [0.4, 0.5) is 0 Å². The predicted molar refractivity (Wildman–Crippen MR) is 97.8 cm³/mol. The van der Waals surface area contributed by atoms with Crippen molar-refractivity contribution in [3.05, 3.63) is 29.3 Å². The molecular formula is C16H26ClN3O3S. The minimum absolute atomic E-state index is 0. The number of nitrogens with one attached hydrogen (secondary N) is 2. The SMILES string of the molecule is Cc1ccc(C(=O)NCCCN2CCNCC2)cc1S(C)(=O)=O.Cl. The number of hydrogen-bond acceptors (Lipinski definition) is 5. The van der Waals surface area contributed by atoms with Crippen LogP contribution in [0.3, 0.4) is 0 Å². The molecule has 1 fully saturated rings. The van der Waals surface area contributed by atoms with E-state index in [0.29, 0.717) is 17.7 Å². The largest absolute Gasteiger partial charge is 0.352 e. The fraction of sp³-hybridized carbons (Fsp3) is 0.562. The van der Waals surface area contributed by atoms with Gasteiger partial charge >= 0.3 is 0 Å². The Hall–Kier alpha value is -1.15. The summed E-state index contributed by atoms with van der Waals surface area (Å²) in [4.78, 5) is 14.7. The second kappa shape index (κ2) is 9.36. The van der Waals surface area contributed by atoms with Gasteiger partial charge in [-0.3, -0.25) is 4.79 Å². The smallest absolute Gasteiger partial charge is 0.251 e. The van der Waals surface area contributed by atoms with Gasteiger partial charge in [-0.15, -0.1) is 12.4 Å². The quantitative estimate of drug-likeness (QED) is 0.720. The van der Waals surface area contributed by atoms with Crippen molar-refractivity contribution in [3.63, 3.8) is 0 Å². The van der Waals surface area contributed by atoms with Crippen molar-refractivity contribution >= 4 is 28.2 Å². The maximum Gasteiger partial charge on any atom is 0.251 e. The highest BCUT2D eigenvalue weighted by atomic mass is 35.5. The normalized spacial score (nSPS) is 15.6. The minimum Gasteiger partial charge on any atom is -0.352 e. The van der Waals surface area contributed by atoms with Gasteiger partial charge in [0, 0.05) is 44.5 Å². The van der Waals surface area contributed by atoms with E-state index >= 15 is 0 Å². The topological polar surface area (TPSA) is 78.5 Å². The molecule has 0 radical (unpaired) electrons. The summed E-state index contributed by atoms with van der Waals surface area (Å²) in [6.45, 7) is 7.40. The third-order valence-electron chi connectivity index (χ3n) is 4.00. The highest BCUT2D eigenvalue weighted by Crippen LogP contribution is 2.16. The third-order valence-corrected chi connectivity index (χ3v) is 5.23. The summed E-state index contributed by atoms with van der Waals surface area (Å²) < 4.78 is 23.4. The molecule has 1 aromatic carbocycles. The number of rotatable bonds is 6. The number of benzene rings is 1. The molecule has 2 rings (SSSR count). The van der Waals surface area contributed by atoms with Crippen molar-refractivity contribution in [3.8, 4) is 0 Å². The van der Waals surface area contributed by atoms with Crippen LogP contribution in [0, 0.1) is 6.92 Å². The van der Waals surface area contributed by atoms with Crippen molar-refractivity contribution in [2.45, 2.75) is 18.2 Å². The molecule has 6 nitrogen and oxygen atoms in total. The summed E-state index contributed by atoms with van der Waals surface area (Å²) in [5, 5.41) is 6.17. The van der Waals surface area contributed by atoms with Crippen LogP contribution >= 0.6 is 12.4 Å². The van der Waals surface area contributed by atoms with Gasteiger partial charge in [0.15, 0.2) is 9.84 Å². The lowest BCUT2D eigenvalue weighted by Crippen LogP contribution is -2.44. The van der Waals surface area contributed by atoms with Crippen LogP contribution in [-0.2, 0) is 9.84 Å². The van der Waals surface area contributed by atoms with Crippen molar-refractivity contribution in [1.29, 1.82) is 0 Å². The van der Waals surface area contributed by atoms with E-state index in [1.54, 1.807) is 19.1 Å². The molecule has 0 bridgehead atoms. The number of carbonyl (C=O) groups is 1. The Kier molecular flexibility index (Phi) is 8.15. The lowest BCUT2D eigenvalue weighted by Gasteiger charge is -2.27. The Morgan fingerprint density at radius 2 is 1.96 bits per heavy atom. The molecule has 1 aliphatic rings. The number of piperazine rings is 1. The molecule has 24 heavy (non-hydrogen) atoms. The fourth-order valence-corrected chi connectivity index (χ4v) is 3.68. The van der Waals surface area contributed by atoms with Gasteiger partial charge in [-0.25, -0.2) is 8.42 Å². The first kappa shape index (κ1) is 20.9. The lowest BCUT2D eigenvalue weighted by molar-refractivity contribution is 0.0951. The average molecular weight is 376 g/mol. The maximum absolute atomic E-state index is 12.2.